The van der Waals surface area contributed by atoms with Gasteiger partial charge in [-0.05, 0) is 43.5 Å². The smallest absolute Gasteiger partial charge is 0.251 e. The van der Waals surface area contributed by atoms with Crippen molar-refractivity contribution >= 4 is 5.91 Å². The Morgan fingerprint density at radius 2 is 2.05 bits per heavy atom. The van der Waals surface area contributed by atoms with Gasteiger partial charge in [-0.25, -0.2) is 4.39 Å². The lowest BCUT2D eigenvalue weighted by Crippen LogP contribution is -2.51. The summed E-state index contributed by atoms with van der Waals surface area (Å²) in [5.74, 6) is -0.496. The van der Waals surface area contributed by atoms with Crippen molar-refractivity contribution in [1.29, 1.82) is 0 Å². The lowest BCUT2D eigenvalue weighted by molar-refractivity contribution is 0.0937. The summed E-state index contributed by atoms with van der Waals surface area (Å²) in [6.45, 7) is 2.22. The molecule has 0 radical (unpaired) electrons. The maximum absolute atomic E-state index is 13.0. The molecule has 1 aromatic carbocycles. The molecule has 0 bridgehead atoms. The van der Waals surface area contributed by atoms with Gasteiger partial charge in [-0.1, -0.05) is 19.3 Å². The van der Waals surface area contributed by atoms with E-state index < -0.39 is 0 Å². The molecule has 0 saturated heterocycles. The molecule has 0 atom stereocenters. The molecule has 4 heteroatoms. The van der Waals surface area contributed by atoms with Gasteiger partial charge in [0.2, 0.25) is 0 Å². The zero-order valence-corrected chi connectivity index (χ0v) is 11.3. The van der Waals surface area contributed by atoms with Crippen LogP contribution in [0.15, 0.2) is 18.2 Å². The zero-order chi connectivity index (χ0) is 13.9. The second-order valence-electron chi connectivity index (χ2n) is 5.56. The van der Waals surface area contributed by atoms with Gasteiger partial charge in [-0.15, -0.1) is 0 Å². The molecule has 1 saturated carbocycles. The van der Waals surface area contributed by atoms with Crippen molar-refractivity contribution in [3.63, 3.8) is 0 Å². The minimum Gasteiger partial charge on any atom is -0.350 e. The topological polar surface area (TPSA) is 55.1 Å². The average Bonchev–Trinajstić information content (AvgIpc) is 2.37. The van der Waals surface area contributed by atoms with Gasteiger partial charge in [0.1, 0.15) is 5.82 Å². The van der Waals surface area contributed by atoms with E-state index in [2.05, 4.69) is 5.32 Å². The van der Waals surface area contributed by atoms with Crippen LogP contribution in [-0.4, -0.2) is 18.0 Å². The van der Waals surface area contributed by atoms with Gasteiger partial charge in [0, 0.05) is 17.6 Å². The van der Waals surface area contributed by atoms with Crippen LogP contribution in [0.25, 0.3) is 0 Å². The van der Waals surface area contributed by atoms with Crippen LogP contribution in [0.2, 0.25) is 0 Å². The second-order valence-corrected chi connectivity index (χ2v) is 5.56. The predicted octanol–water partition coefficient (Wildman–Crippen LogP) is 2.53. The van der Waals surface area contributed by atoms with Gasteiger partial charge < -0.3 is 11.1 Å². The maximum Gasteiger partial charge on any atom is 0.251 e. The SMILES string of the molecule is Cc1cc(F)ccc1C(=O)NCC1(N)CCCCC1. The molecule has 0 heterocycles. The Hall–Kier alpha value is -1.42. The monoisotopic (exact) mass is 264 g/mol. The number of halogens is 1. The van der Waals surface area contributed by atoms with Gasteiger partial charge in [-0.2, -0.15) is 0 Å². The van der Waals surface area contributed by atoms with Crippen LogP contribution in [0.3, 0.4) is 0 Å². The molecule has 0 unspecified atom stereocenters. The van der Waals surface area contributed by atoms with E-state index in [1.165, 1.54) is 24.6 Å². The number of nitrogens with one attached hydrogen (secondary N) is 1. The normalized spacial score (nSPS) is 18.1. The first kappa shape index (κ1) is 14.0. The number of carbonyl (C=O) groups excluding carboxylic acids is 1. The van der Waals surface area contributed by atoms with Gasteiger partial charge in [0.05, 0.1) is 0 Å². The highest BCUT2D eigenvalue weighted by Crippen LogP contribution is 2.25. The van der Waals surface area contributed by atoms with Gasteiger partial charge in [0.25, 0.3) is 5.91 Å². The van der Waals surface area contributed by atoms with E-state index >= 15 is 0 Å². The molecule has 2 rings (SSSR count). The Labute approximate surface area is 113 Å². The number of hydrogen-bond acceptors (Lipinski definition) is 2. The van der Waals surface area contributed by atoms with Crippen LogP contribution in [0, 0.1) is 12.7 Å². The van der Waals surface area contributed by atoms with Crippen LogP contribution < -0.4 is 11.1 Å². The summed E-state index contributed by atoms with van der Waals surface area (Å²) in [6.07, 6.45) is 5.39. The van der Waals surface area contributed by atoms with Crippen LogP contribution in [0.5, 0.6) is 0 Å². The molecule has 1 amide bonds. The van der Waals surface area contributed by atoms with Crippen LogP contribution in [-0.2, 0) is 0 Å². The average molecular weight is 264 g/mol. The molecule has 3 N–H and O–H groups in total. The number of rotatable bonds is 3. The Morgan fingerprint density at radius 3 is 2.68 bits per heavy atom. The van der Waals surface area contributed by atoms with E-state index in [0.717, 1.165) is 25.7 Å². The minimum absolute atomic E-state index is 0.173. The molecule has 0 spiro atoms. The van der Waals surface area contributed by atoms with Crippen molar-refractivity contribution in [2.24, 2.45) is 5.73 Å². The minimum atomic E-state index is -0.323. The van der Waals surface area contributed by atoms with Crippen LogP contribution in [0.1, 0.15) is 48.0 Å². The summed E-state index contributed by atoms with van der Waals surface area (Å²) in [6, 6.07) is 4.19. The molecule has 19 heavy (non-hydrogen) atoms. The number of hydrogen-bond donors (Lipinski definition) is 2. The Balaban J connectivity index is 1.97. The van der Waals surface area contributed by atoms with Gasteiger partial charge in [0.15, 0.2) is 0 Å². The largest absolute Gasteiger partial charge is 0.350 e. The summed E-state index contributed by atoms with van der Waals surface area (Å²) in [7, 11) is 0. The lowest BCUT2D eigenvalue weighted by atomic mass is 9.82. The van der Waals surface area contributed by atoms with Crippen molar-refractivity contribution in [1.82, 2.24) is 5.32 Å². The number of nitrogens with two attached hydrogens (primary N) is 1. The molecule has 0 aliphatic heterocycles. The molecular formula is C15H21FN2O. The Kier molecular flexibility index (Phi) is 4.20. The molecule has 3 nitrogen and oxygen atoms in total. The van der Waals surface area contributed by atoms with E-state index in [9.17, 15) is 9.18 Å². The molecule has 104 valence electrons. The number of amides is 1. The highest BCUT2D eigenvalue weighted by Gasteiger charge is 2.27. The third-order valence-corrected chi connectivity index (χ3v) is 3.88. The van der Waals surface area contributed by atoms with E-state index in [-0.39, 0.29) is 17.3 Å². The molecular weight excluding hydrogens is 243 g/mol. The summed E-state index contributed by atoms with van der Waals surface area (Å²) < 4.78 is 13.0. The summed E-state index contributed by atoms with van der Waals surface area (Å²) in [5, 5.41) is 2.88. The molecule has 0 aromatic heterocycles. The Bertz CT molecular complexity index is 467. The number of aryl methyl sites for hydroxylation is 1. The molecule has 1 fully saturated rings. The van der Waals surface area contributed by atoms with E-state index in [0.29, 0.717) is 17.7 Å². The first-order chi connectivity index (χ1) is 9.00. The third-order valence-electron chi connectivity index (χ3n) is 3.88. The summed E-state index contributed by atoms with van der Waals surface area (Å²) in [4.78, 5) is 12.1. The second kappa shape index (κ2) is 5.70. The van der Waals surface area contributed by atoms with Crippen molar-refractivity contribution in [2.75, 3.05) is 6.54 Å². The fraction of sp³-hybridized carbons (Fsp3) is 0.533. The zero-order valence-electron chi connectivity index (χ0n) is 11.3. The first-order valence-electron chi connectivity index (χ1n) is 6.83. The molecule has 1 aromatic rings. The van der Waals surface area contributed by atoms with Crippen LogP contribution >= 0.6 is 0 Å². The van der Waals surface area contributed by atoms with Crippen molar-refractivity contribution in [3.05, 3.63) is 35.1 Å². The standard InChI is InChI=1S/C15H21FN2O/c1-11-9-12(16)5-6-13(11)14(19)18-10-15(17)7-3-2-4-8-15/h5-6,9H,2-4,7-8,10,17H2,1H3,(H,18,19). The number of benzene rings is 1. The third kappa shape index (κ3) is 3.53. The van der Waals surface area contributed by atoms with Gasteiger partial charge in [-0.3, -0.25) is 4.79 Å². The number of carbonyl (C=O) groups is 1. The summed E-state index contributed by atoms with van der Waals surface area (Å²) in [5.41, 5.74) is 7.16. The van der Waals surface area contributed by atoms with Crippen molar-refractivity contribution in [3.8, 4) is 0 Å². The lowest BCUT2D eigenvalue weighted by Gasteiger charge is -2.33. The molecule has 1 aliphatic carbocycles. The van der Waals surface area contributed by atoms with Crippen molar-refractivity contribution in [2.45, 2.75) is 44.6 Å². The fourth-order valence-electron chi connectivity index (χ4n) is 2.67. The Morgan fingerprint density at radius 1 is 1.37 bits per heavy atom. The fourth-order valence-corrected chi connectivity index (χ4v) is 2.67. The highest BCUT2D eigenvalue weighted by molar-refractivity contribution is 5.95. The van der Waals surface area contributed by atoms with E-state index in [4.69, 9.17) is 5.73 Å². The predicted molar refractivity (Wildman–Crippen MR) is 73.5 cm³/mol. The molecule has 1 aliphatic rings. The first-order valence-corrected chi connectivity index (χ1v) is 6.83. The van der Waals surface area contributed by atoms with E-state index in [1.54, 1.807) is 6.92 Å². The summed E-state index contributed by atoms with van der Waals surface area (Å²) >= 11 is 0. The van der Waals surface area contributed by atoms with Crippen LogP contribution in [0.4, 0.5) is 4.39 Å². The van der Waals surface area contributed by atoms with Gasteiger partial charge >= 0.3 is 0 Å². The van der Waals surface area contributed by atoms with Crippen molar-refractivity contribution < 1.29 is 9.18 Å². The quantitative estimate of drug-likeness (QED) is 0.881. The van der Waals surface area contributed by atoms with E-state index in [1.807, 2.05) is 0 Å². The highest BCUT2D eigenvalue weighted by atomic mass is 19.1. The maximum atomic E-state index is 13.0.